The molecule has 4 atom stereocenters. The Morgan fingerprint density at radius 3 is 2.58 bits per heavy atom. The van der Waals surface area contributed by atoms with Crippen molar-refractivity contribution in [2.75, 3.05) is 23.9 Å². The fourth-order valence-corrected chi connectivity index (χ4v) is 6.29. The van der Waals surface area contributed by atoms with E-state index >= 15 is 0 Å². The van der Waals surface area contributed by atoms with E-state index in [4.69, 9.17) is 4.74 Å². The van der Waals surface area contributed by atoms with Crippen molar-refractivity contribution in [1.29, 1.82) is 0 Å². The van der Waals surface area contributed by atoms with Gasteiger partial charge in [0.05, 0.1) is 29.6 Å². The molecule has 10 heteroatoms. The van der Waals surface area contributed by atoms with Crippen LogP contribution in [0.5, 0.6) is 5.75 Å². The van der Waals surface area contributed by atoms with Crippen LogP contribution in [0.3, 0.4) is 0 Å². The van der Waals surface area contributed by atoms with Gasteiger partial charge in [-0.2, -0.15) is 0 Å². The third-order valence-electron chi connectivity index (χ3n) is 7.52. The average molecular weight is 448 g/mol. The molecular formula is C23H20N4O6. The van der Waals surface area contributed by atoms with Crippen LogP contribution in [0.2, 0.25) is 0 Å². The summed E-state index contributed by atoms with van der Waals surface area (Å²) >= 11 is 0. The summed E-state index contributed by atoms with van der Waals surface area (Å²) in [7, 11) is 1.54. The van der Waals surface area contributed by atoms with Gasteiger partial charge in [0.15, 0.2) is 0 Å². The topological polar surface area (TPSA) is 122 Å². The summed E-state index contributed by atoms with van der Waals surface area (Å²) in [6.07, 6.45) is 1.53. The van der Waals surface area contributed by atoms with Crippen molar-refractivity contribution in [3.05, 3.63) is 58.1 Å². The second-order valence-electron chi connectivity index (χ2n) is 8.82. The number of nitro benzene ring substituents is 1. The first-order valence-electron chi connectivity index (χ1n) is 10.8. The zero-order valence-corrected chi connectivity index (χ0v) is 17.7. The molecule has 10 nitrogen and oxygen atoms in total. The number of amides is 3. The van der Waals surface area contributed by atoms with Crippen molar-refractivity contribution < 1.29 is 24.0 Å². The normalized spacial score (nSPS) is 29.9. The Morgan fingerprint density at radius 1 is 1.12 bits per heavy atom. The van der Waals surface area contributed by atoms with E-state index in [9.17, 15) is 24.5 Å². The van der Waals surface area contributed by atoms with Gasteiger partial charge in [0.1, 0.15) is 11.3 Å². The van der Waals surface area contributed by atoms with Gasteiger partial charge >= 0.3 is 0 Å². The molecule has 3 amide bonds. The molecule has 0 aromatic heterocycles. The summed E-state index contributed by atoms with van der Waals surface area (Å²) in [5.74, 6) is -2.13. The van der Waals surface area contributed by atoms with Crippen molar-refractivity contribution in [1.82, 2.24) is 4.90 Å². The molecule has 0 radical (unpaired) electrons. The maximum Gasteiger partial charge on any atom is 0.269 e. The minimum absolute atomic E-state index is 0.132. The molecule has 2 aromatic carbocycles. The number of rotatable bonds is 3. The highest BCUT2D eigenvalue weighted by Crippen LogP contribution is 2.61. The van der Waals surface area contributed by atoms with Gasteiger partial charge in [0.25, 0.3) is 5.69 Å². The second-order valence-corrected chi connectivity index (χ2v) is 8.82. The van der Waals surface area contributed by atoms with E-state index in [1.807, 2.05) is 4.90 Å². The SMILES string of the molecule is COc1ccc2c(c1)C1(C(=O)N2)C2C(=O)N(c3ccc([N+](=O)[O-])cc3)C(=O)C2C2CCCN21. The standard InChI is InChI=1S/C23H20N4O6/c1-33-14-8-9-16-15(11-14)23(22(30)24-16)19-18(17-3-2-10-25(17)23)20(28)26(21(19)29)12-4-6-13(7-5-12)27(31)32/h4-9,11,17-19H,2-3,10H2,1H3,(H,24,30). The number of nitrogens with zero attached hydrogens (tertiary/aromatic N) is 3. The van der Waals surface area contributed by atoms with E-state index in [1.165, 1.54) is 31.4 Å². The molecule has 0 bridgehead atoms. The number of carbonyl (C=O) groups excluding carboxylic acids is 3. The maximum absolute atomic E-state index is 13.9. The van der Waals surface area contributed by atoms with Gasteiger partial charge in [0, 0.05) is 29.4 Å². The van der Waals surface area contributed by atoms with Crippen molar-refractivity contribution >= 4 is 34.8 Å². The number of ether oxygens (including phenoxy) is 1. The molecule has 168 valence electrons. The van der Waals surface area contributed by atoms with Gasteiger partial charge in [-0.3, -0.25) is 29.4 Å². The molecule has 4 heterocycles. The molecule has 4 aliphatic rings. The minimum Gasteiger partial charge on any atom is -0.497 e. The number of benzene rings is 2. The molecule has 2 aromatic rings. The number of imide groups is 1. The number of nitrogens with one attached hydrogen (secondary N) is 1. The Bertz CT molecular complexity index is 1240. The average Bonchev–Trinajstić information content (AvgIpc) is 3.51. The summed E-state index contributed by atoms with van der Waals surface area (Å²) < 4.78 is 5.39. The minimum atomic E-state index is -1.29. The van der Waals surface area contributed by atoms with Gasteiger partial charge in [-0.25, -0.2) is 4.90 Å². The Morgan fingerprint density at radius 2 is 1.88 bits per heavy atom. The quantitative estimate of drug-likeness (QED) is 0.433. The van der Waals surface area contributed by atoms with Gasteiger partial charge in [-0.15, -0.1) is 0 Å². The zero-order valence-electron chi connectivity index (χ0n) is 17.7. The third-order valence-corrected chi connectivity index (χ3v) is 7.52. The molecule has 0 aliphatic carbocycles. The number of hydrogen-bond acceptors (Lipinski definition) is 7. The van der Waals surface area contributed by atoms with Gasteiger partial charge < -0.3 is 10.1 Å². The van der Waals surface area contributed by atoms with Crippen LogP contribution in [0.4, 0.5) is 17.1 Å². The van der Waals surface area contributed by atoms with Crippen LogP contribution in [0, 0.1) is 22.0 Å². The maximum atomic E-state index is 13.9. The van der Waals surface area contributed by atoms with Crippen LogP contribution in [-0.4, -0.2) is 47.2 Å². The number of methoxy groups -OCH3 is 1. The molecule has 1 spiro atoms. The lowest BCUT2D eigenvalue weighted by Crippen LogP contribution is -2.54. The van der Waals surface area contributed by atoms with E-state index in [1.54, 1.807) is 18.2 Å². The smallest absolute Gasteiger partial charge is 0.269 e. The molecule has 3 fully saturated rings. The van der Waals surface area contributed by atoms with Crippen LogP contribution in [-0.2, 0) is 19.9 Å². The van der Waals surface area contributed by atoms with Crippen LogP contribution >= 0.6 is 0 Å². The summed E-state index contributed by atoms with van der Waals surface area (Å²) in [6, 6.07) is 10.4. The lowest BCUT2D eigenvalue weighted by molar-refractivity contribution is -0.384. The molecule has 33 heavy (non-hydrogen) atoms. The van der Waals surface area contributed by atoms with Gasteiger partial charge in [-0.1, -0.05) is 0 Å². The van der Waals surface area contributed by atoms with Crippen molar-refractivity contribution in [3.63, 3.8) is 0 Å². The summed E-state index contributed by atoms with van der Waals surface area (Å²) in [4.78, 5) is 54.7. The van der Waals surface area contributed by atoms with Crippen molar-refractivity contribution in [3.8, 4) is 5.75 Å². The molecular weight excluding hydrogens is 428 g/mol. The van der Waals surface area contributed by atoms with Crippen LogP contribution in [0.25, 0.3) is 0 Å². The highest BCUT2D eigenvalue weighted by Gasteiger charge is 2.74. The molecule has 3 saturated heterocycles. The first-order chi connectivity index (χ1) is 15.9. The highest BCUT2D eigenvalue weighted by atomic mass is 16.6. The summed E-state index contributed by atoms with van der Waals surface area (Å²) in [5, 5.41) is 13.9. The van der Waals surface area contributed by atoms with Gasteiger partial charge in [-0.05, 0) is 49.7 Å². The summed E-state index contributed by atoms with van der Waals surface area (Å²) in [6.45, 7) is 0.611. The van der Waals surface area contributed by atoms with E-state index in [-0.39, 0.29) is 29.2 Å². The summed E-state index contributed by atoms with van der Waals surface area (Å²) in [5.41, 5.74) is 0.110. The Labute approximate surface area is 188 Å². The molecule has 1 N–H and O–H groups in total. The second kappa shape index (κ2) is 6.61. The molecule has 0 saturated carbocycles. The first-order valence-corrected chi connectivity index (χ1v) is 10.8. The van der Waals surface area contributed by atoms with E-state index in [0.29, 0.717) is 30.0 Å². The van der Waals surface area contributed by atoms with E-state index in [2.05, 4.69) is 5.32 Å². The van der Waals surface area contributed by atoms with Crippen molar-refractivity contribution in [2.24, 2.45) is 11.8 Å². The van der Waals surface area contributed by atoms with Crippen LogP contribution in [0.15, 0.2) is 42.5 Å². The number of nitro groups is 1. The van der Waals surface area contributed by atoms with Gasteiger partial charge in [0.2, 0.25) is 17.7 Å². The number of anilines is 2. The predicted molar refractivity (Wildman–Crippen MR) is 116 cm³/mol. The molecule has 4 unspecified atom stereocenters. The Hall–Kier alpha value is -3.79. The fraction of sp³-hybridized carbons (Fsp3) is 0.348. The zero-order chi connectivity index (χ0) is 23.1. The number of non-ortho nitro benzene ring substituents is 1. The Kier molecular flexibility index (Phi) is 3.98. The lowest BCUT2D eigenvalue weighted by Gasteiger charge is -2.36. The molecule has 4 aliphatic heterocycles. The number of fused-ring (bicyclic) bond motifs is 7. The lowest BCUT2D eigenvalue weighted by atomic mass is 9.75. The van der Waals surface area contributed by atoms with Crippen LogP contribution < -0.4 is 15.0 Å². The number of carbonyl (C=O) groups is 3. The largest absolute Gasteiger partial charge is 0.497 e. The highest BCUT2D eigenvalue weighted by molar-refractivity contribution is 6.25. The van der Waals surface area contributed by atoms with Crippen molar-refractivity contribution in [2.45, 2.75) is 24.4 Å². The molecule has 6 rings (SSSR count). The van der Waals surface area contributed by atoms with Crippen LogP contribution in [0.1, 0.15) is 18.4 Å². The fourth-order valence-electron chi connectivity index (χ4n) is 6.29. The third kappa shape index (κ3) is 2.33. The van der Waals surface area contributed by atoms with E-state index in [0.717, 1.165) is 11.3 Å². The Balaban J connectivity index is 1.51. The number of hydrogen-bond donors (Lipinski definition) is 1. The first kappa shape index (κ1) is 19.9. The predicted octanol–water partition coefficient (Wildman–Crippen LogP) is 2.03. The van der Waals surface area contributed by atoms with E-state index < -0.39 is 28.2 Å². The monoisotopic (exact) mass is 448 g/mol.